The minimum Gasteiger partial charge on any atom is -0.259 e. The Balaban J connectivity index is 2.12. The van der Waals surface area contributed by atoms with Crippen LogP contribution in [0.1, 0.15) is 18.5 Å². The molecule has 0 fully saturated rings. The molecule has 0 saturated carbocycles. The first-order valence-corrected chi connectivity index (χ1v) is 9.82. The van der Waals surface area contributed by atoms with Gasteiger partial charge in [0.25, 0.3) is 10.0 Å². The lowest BCUT2D eigenvalue weighted by Gasteiger charge is -2.31. The van der Waals surface area contributed by atoms with Crippen molar-refractivity contribution in [3.63, 3.8) is 0 Å². The van der Waals surface area contributed by atoms with Crippen LogP contribution in [0, 0.1) is 5.82 Å². The highest BCUT2D eigenvalue weighted by Crippen LogP contribution is 2.33. The SMILES string of the molecule is CC(c1ccc(Cl)cc1)N(c1ccccc1)S(=O)(=O)c1ccc(F)cc1. The number of nitrogens with zero attached hydrogens (tertiary/aromatic N) is 1. The number of rotatable bonds is 5. The second-order valence-corrected chi connectivity index (χ2v) is 8.07. The van der Waals surface area contributed by atoms with Crippen molar-refractivity contribution in [1.29, 1.82) is 0 Å². The molecule has 0 aliphatic heterocycles. The number of sulfonamides is 1. The second kappa shape index (κ2) is 7.48. The van der Waals surface area contributed by atoms with E-state index in [-0.39, 0.29) is 4.90 Å². The number of para-hydroxylation sites is 1. The Morgan fingerprint density at radius 3 is 2.04 bits per heavy atom. The topological polar surface area (TPSA) is 37.4 Å². The summed E-state index contributed by atoms with van der Waals surface area (Å²) >= 11 is 5.95. The Morgan fingerprint density at radius 2 is 1.46 bits per heavy atom. The lowest BCUT2D eigenvalue weighted by Crippen LogP contribution is -2.33. The van der Waals surface area contributed by atoms with Gasteiger partial charge in [0.15, 0.2) is 0 Å². The van der Waals surface area contributed by atoms with Crippen molar-refractivity contribution in [2.45, 2.75) is 17.9 Å². The van der Waals surface area contributed by atoms with Crippen LogP contribution in [0.2, 0.25) is 5.02 Å². The van der Waals surface area contributed by atoms with E-state index < -0.39 is 21.9 Å². The third kappa shape index (κ3) is 3.74. The summed E-state index contributed by atoms with van der Waals surface area (Å²) in [5.74, 6) is -0.485. The Morgan fingerprint density at radius 1 is 0.885 bits per heavy atom. The zero-order valence-electron chi connectivity index (χ0n) is 14.0. The molecule has 1 atom stereocenters. The highest BCUT2D eigenvalue weighted by molar-refractivity contribution is 7.92. The molecule has 0 aliphatic rings. The zero-order chi connectivity index (χ0) is 18.7. The van der Waals surface area contributed by atoms with E-state index in [1.54, 1.807) is 55.5 Å². The summed E-state index contributed by atoms with van der Waals surface area (Å²) in [4.78, 5) is 0.0311. The van der Waals surface area contributed by atoms with Crippen LogP contribution in [0.5, 0.6) is 0 Å². The summed E-state index contributed by atoms with van der Waals surface area (Å²) in [6, 6.07) is 20.2. The summed E-state index contributed by atoms with van der Waals surface area (Å²) in [6.45, 7) is 1.80. The fourth-order valence-electron chi connectivity index (χ4n) is 2.74. The van der Waals surface area contributed by atoms with Crippen LogP contribution in [-0.4, -0.2) is 8.42 Å². The van der Waals surface area contributed by atoms with E-state index in [9.17, 15) is 12.8 Å². The quantitative estimate of drug-likeness (QED) is 0.583. The molecule has 0 aliphatic carbocycles. The summed E-state index contributed by atoms with van der Waals surface area (Å²) in [5.41, 5.74) is 1.32. The van der Waals surface area contributed by atoms with E-state index in [1.807, 2.05) is 6.07 Å². The minimum absolute atomic E-state index is 0.0311. The predicted molar refractivity (Wildman–Crippen MR) is 102 cm³/mol. The van der Waals surface area contributed by atoms with Crippen LogP contribution in [0.4, 0.5) is 10.1 Å². The number of halogens is 2. The molecule has 0 N–H and O–H groups in total. The van der Waals surface area contributed by atoms with Crippen molar-refractivity contribution in [3.05, 3.63) is 95.3 Å². The average Bonchev–Trinajstić information content (AvgIpc) is 2.63. The third-order valence-corrected chi connectivity index (χ3v) is 6.25. The van der Waals surface area contributed by atoms with Crippen molar-refractivity contribution in [3.8, 4) is 0 Å². The van der Waals surface area contributed by atoms with E-state index in [4.69, 9.17) is 11.6 Å². The molecule has 0 saturated heterocycles. The molecule has 1 unspecified atom stereocenters. The maximum atomic E-state index is 13.3. The Bertz CT molecular complexity index is 975. The number of hydrogen-bond donors (Lipinski definition) is 0. The first-order chi connectivity index (χ1) is 12.4. The highest BCUT2D eigenvalue weighted by atomic mass is 35.5. The molecule has 3 aromatic rings. The van der Waals surface area contributed by atoms with Crippen LogP contribution < -0.4 is 4.31 Å². The van der Waals surface area contributed by atoms with E-state index in [0.717, 1.165) is 17.7 Å². The maximum absolute atomic E-state index is 13.3. The van der Waals surface area contributed by atoms with Crippen molar-refractivity contribution in [1.82, 2.24) is 0 Å². The van der Waals surface area contributed by atoms with Crippen molar-refractivity contribution < 1.29 is 12.8 Å². The van der Waals surface area contributed by atoms with Gasteiger partial charge < -0.3 is 0 Å². The van der Waals surface area contributed by atoms with Gasteiger partial charge in [0.1, 0.15) is 5.82 Å². The summed E-state index contributed by atoms with van der Waals surface area (Å²) in [5, 5.41) is 0.577. The van der Waals surface area contributed by atoms with Crippen LogP contribution >= 0.6 is 11.6 Å². The molecule has 3 aromatic carbocycles. The average molecular weight is 390 g/mol. The molecule has 0 heterocycles. The van der Waals surface area contributed by atoms with Gasteiger partial charge in [-0.3, -0.25) is 4.31 Å². The van der Waals surface area contributed by atoms with Crippen LogP contribution in [0.25, 0.3) is 0 Å². The molecule has 0 aromatic heterocycles. The van der Waals surface area contributed by atoms with Gasteiger partial charge in [0.2, 0.25) is 0 Å². The van der Waals surface area contributed by atoms with Gasteiger partial charge in [-0.2, -0.15) is 0 Å². The molecule has 134 valence electrons. The lowest BCUT2D eigenvalue weighted by atomic mass is 10.1. The Hall–Kier alpha value is -2.37. The fraction of sp³-hybridized carbons (Fsp3) is 0.100. The number of hydrogen-bond acceptors (Lipinski definition) is 2. The Kier molecular flexibility index (Phi) is 5.30. The van der Waals surface area contributed by atoms with Crippen molar-refractivity contribution in [2.75, 3.05) is 4.31 Å². The van der Waals surface area contributed by atoms with E-state index in [2.05, 4.69) is 0 Å². The molecule has 0 spiro atoms. The fourth-order valence-corrected chi connectivity index (χ4v) is 4.51. The Labute approximate surface area is 157 Å². The summed E-state index contributed by atoms with van der Waals surface area (Å²) < 4.78 is 41.2. The third-order valence-electron chi connectivity index (χ3n) is 4.09. The maximum Gasteiger partial charge on any atom is 0.264 e. The molecule has 0 amide bonds. The van der Waals surface area contributed by atoms with Gasteiger partial charge in [-0.05, 0) is 61.0 Å². The van der Waals surface area contributed by atoms with Gasteiger partial charge in [-0.25, -0.2) is 12.8 Å². The van der Waals surface area contributed by atoms with Gasteiger partial charge >= 0.3 is 0 Å². The molecular weight excluding hydrogens is 373 g/mol. The monoisotopic (exact) mass is 389 g/mol. The molecule has 3 rings (SSSR count). The first-order valence-electron chi connectivity index (χ1n) is 8.00. The van der Waals surface area contributed by atoms with Crippen LogP contribution in [0.3, 0.4) is 0 Å². The largest absolute Gasteiger partial charge is 0.264 e. The van der Waals surface area contributed by atoms with Crippen LogP contribution in [0.15, 0.2) is 83.8 Å². The molecule has 3 nitrogen and oxygen atoms in total. The van der Waals surface area contributed by atoms with Gasteiger partial charge in [0.05, 0.1) is 16.6 Å². The molecular formula is C20H17ClFNO2S. The van der Waals surface area contributed by atoms with E-state index in [1.165, 1.54) is 16.4 Å². The second-order valence-electron chi connectivity index (χ2n) is 5.82. The van der Waals surface area contributed by atoms with Gasteiger partial charge in [0, 0.05) is 5.02 Å². The predicted octanol–water partition coefficient (Wildman–Crippen LogP) is 5.44. The number of benzene rings is 3. The van der Waals surface area contributed by atoms with E-state index >= 15 is 0 Å². The van der Waals surface area contributed by atoms with Crippen LogP contribution in [-0.2, 0) is 10.0 Å². The minimum atomic E-state index is -3.89. The zero-order valence-corrected chi connectivity index (χ0v) is 15.6. The van der Waals surface area contributed by atoms with Gasteiger partial charge in [-0.15, -0.1) is 0 Å². The lowest BCUT2D eigenvalue weighted by molar-refractivity contribution is 0.582. The first kappa shape index (κ1) is 18.4. The summed E-state index contributed by atoms with van der Waals surface area (Å²) in [7, 11) is -3.89. The van der Waals surface area contributed by atoms with Crippen molar-refractivity contribution in [2.24, 2.45) is 0 Å². The van der Waals surface area contributed by atoms with Crippen molar-refractivity contribution >= 4 is 27.3 Å². The number of anilines is 1. The summed E-state index contributed by atoms with van der Waals surface area (Å²) in [6.07, 6.45) is 0. The highest BCUT2D eigenvalue weighted by Gasteiger charge is 2.30. The molecule has 0 radical (unpaired) electrons. The smallest absolute Gasteiger partial charge is 0.259 e. The van der Waals surface area contributed by atoms with Gasteiger partial charge in [-0.1, -0.05) is 41.9 Å². The molecule has 26 heavy (non-hydrogen) atoms. The molecule has 6 heteroatoms. The normalized spacial score (nSPS) is 12.6. The standard InChI is InChI=1S/C20H17ClFNO2S/c1-15(16-7-9-17(21)10-8-16)23(19-5-3-2-4-6-19)26(24,25)20-13-11-18(22)12-14-20/h2-15H,1H3. The van der Waals surface area contributed by atoms with E-state index in [0.29, 0.717) is 10.7 Å². The molecule has 0 bridgehead atoms.